The van der Waals surface area contributed by atoms with Crippen LogP contribution in [0.5, 0.6) is 0 Å². The van der Waals surface area contributed by atoms with E-state index >= 15 is 0 Å². The fourth-order valence-electron chi connectivity index (χ4n) is 2.07. The molecule has 110 valence electrons. The molecule has 0 saturated heterocycles. The van der Waals surface area contributed by atoms with Crippen LogP contribution in [0.1, 0.15) is 43.8 Å². The first kappa shape index (κ1) is 15.6. The highest BCUT2D eigenvalue weighted by Gasteiger charge is 2.23. The van der Waals surface area contributed by atoms with Crippen LogP contribution in [0.15, 0.2) is 24.3 Å². The second kappa shape index (κ2) is 5.51. The number of benzene rings is 1. The third-order valence-electron chi connectivity index (χ3n) is 3.37. The van der Waals surface area contributed by atoms with Crippen molar-refractivity contribution < 1.29 is 5.11 Å². The van der Waals surface area contributed by atoms with E-state index < -0.39 is 6.10 Å². The lowest BCUT2D eigenvalue weighted by Gasteiger charge is -2.14. The Hall–Kier alpha value is -1.83. The molecule has 0 fully saturated rings. The summed E-state index contributed by atoms with van der Waals surface area (Å²) in [6.07, 6.45) is -0.909. The molecule has 1 aromatic heterocycles. The number of hydrogen-bond acceptors (Lipinski definition) is 2. The average Bonchev–Trinajstić information content (AvgIpc) is 2.80. The van der Waals surface area contributed by atoms with Gasteiger partial charge in [0, 0.05) is 17.5 Å². The van der Waals surface area contributed by atoms with Crippen LogP contribution in [-0.4, -0.2) is 14.9 Å². The van der Waals surface area contributed by atoms with Crippen LogP contribution in [0, 0.1) is 6.57 Å². The number of rotatable bonds is 2. The van der Waals surface area contributed by atoms with Gasteiger partial charge >= 0.3 is 0 Å². The van der Waals surface area contributed by atoms with Crippen LogP contribution < -0.4 is 0 Å². The molecule has 1 aromatic carbocycles. The topological polar surface area (TPSA) is 42.4 Å². The summed E-state index contributed by atoms with van der Waals surface area (Å²) in [4.78, 5) is 3.37. The summed E-state index contributed by atoms with van der Waals surface area (Å²) in [6, 6.07) is 6.76. The summed E-state index contributed by atoms with van der Waals surface area (Å²) < 4.78 is 1.66. The van der Waals surface area contributed by atoms with Gasteiger partial charge in [0.25, 0.3) is 0 Å². The van der Waals surface area contributed by atoms with E-state index in [-0.39, 0.29) is 5.41 Å². The number of nitrogens with zero attached hydrogens (tertiary/aromatic N) is 3. The van der Waals surface area contributed by atoms with E-state index in [1.807, 2.05) is 6.07 Å². The highest BCUT2D eigenvalue weighted by Crippen LogP contribution is 2.33. The molecule has 0 spiro atoms. The summed E-state index contributed by atoms with van der Waals surface area (Å²) >= 11 is 6.15. The standard InChI is InChI=1S/C16H18ClN3O/c1-16(2,3)14-9-13(20(5)19-14)15(21)11-8-10(18-4)6-7-12(11)17/h6-9,15,21H,1-3,5H3. The normalized spacial score (nSPS) is 13.0. The molecule has 0 saturated carbocycles. The molecular formula is C16H18ClN3O. The van der Waals surface area contributed by atoms with Crippen molar-refractivity contribution in [1.29, 1.82) is 0 Å². The number of aromatic nitrogens is 2. The number of aryl methyl sites for hydroxylation is 1. The fourth-order valence-corrected chi connectivity index (χ4v) is 2.29. The smallest absolute Gasteiger partial charge is 0.187 e. The minimum atomic E-state index is -0.909. The van der Waals surface area contributed by atoms with Gasteiger partial charge in [0.15, 0.2) is 5.69 Å². The van der Waals surface area contributed by atoms with Crippen molar-refractivity contribution in [1.82, 2.24) is 9.78 Å². The Bertz CT molecular complexity index is 707. The third-order valence-corrected chi connectivity index (χ3v) is 3.71. The molecule has 1 heterocycles. The minimum absolute atomic E-state index is 0.0993. The van der Waals surface area contributed by atoms with Gasteiger partial charge in [-0.05, 0) is 17.7 Å². The van der Waals surface area contributed by atoms with Gasteiger partial charge in [-0.2, -0.15) is 5.10 Å². The maximum Gasteiger partial charge on any atom is 0.187 e. The van der Waals surface area contributed by atoms with Gasteiger partial charge in [-0.3, -0.25) is 4.68 Å². The van der Waals surface area contributed by atoms with Crippen LogP contribution >= 0.6 is 11.6 Å². The van der Waals surface area contributed by atoms with Gasteiger partial charge < -0.3 is 5.11 Å². The van der Waals surface area contributed by atoms with Crippen LogP contribution in [0.4, 0.5) is 5.69 Å². The lowest BCUT2D eigenvalue weighted by atomic mass is 9.91. The quantitative estimate of drug-likeness (QED) is 0.852. The number of aliphatic hydroxyl groups is 1. The molecule has 0 aliphatic rings. The van der Waals surface area contributed by atoms with E-state index in [1.165, 1.54) is 0 Å². The van der Waals surface area contributed by atoms with Crippen molar-refractivity contribution in [3.8, 4) is 0 Å². The molecule has 0 bridgehead atoms. The van der Waals surface area contributed by atoms with E-state index in [9.17, 15) is 5.11 Å². The monoisotopic (exact) mass is 303 g/mol. The lowest BCUT2D eigenvalue weighted by molar-refractivity contribution is 0.210. The van der Waals surface area contributed by atoms with Crippen LogP contribution in [0.3, 0.4) is 0 Å². The highest BCUT2D eigenvalue weighted by atomic mass is 35.5. The van der Waals surface area contributed by atoms with Gasteiger partial charge in [-0.15, -0.1) is 0 Å². The number of aliphatic hydroxyl groups excluding tert-OH is 1. The van der Waals surface area contributed by atoms with E-state index in [2.05, 4.69) is 30.7 Å². The molecule has 2 rings (SSSR count). The maximum atomic E-state index is 10.6. The van der Waals surface area contributed by atoms with Crippen molar-refractivity contribution in [3.05, 3.63) is 57.7 Å². The Morgan fingerprint density at radius 3 is 2.52 bits per heavy atom. The first-order chi connectivity index (χ1) is 9.74. The second-order valence-electron chi connectivity index (χ2n) is 6.05. The first-order valence-corrected chi connectivity index (χ1v) is 7.01. The summed E-state index contributed by atoms with van der Waals surface area (Å²) in [5.41, 5.74) is 2.43. The van der Waals surface area contributed by atoms with Crippen molar-refractivity contribution >= 4 is 17.3 Å². The Labute approximate surface area is 129 Å². The summed E-state index contributed by atoms with van der Waals surface area (Å²) in [5, 5.41) is 15.5. The predicted molar refractivity (Wildman–Crippen MR) is 83.7 cm³/mol. The zero-order valence-electron chi connectivity index (χ0n) is 12.6. The maximum absolute atomic E-state index is 10.6. The second-order valence-corrected chi connectivity index (χ2v) is 6.46. The minimum Gasteiger partial charge on any atom is -0.382 e. The Morgan fingerprint density at radius 1 is 1.33 bits per heavy atom. The van der Waals surface area contributed by atoms with E-state index in [0.717, 1.165) is 5.69 Å². The molecule has 1 atom stereocenters. The Balaban J connectivity index is 2.48. The van der Waals surface area contributed by atoms with Gasteiger partial charge in [-0.1, -0.05) is 44.5 Å². The lowest BCUT2D eigenvalue weighted by Crippen LogP contribution is -2.12. The molecule has 5 heteroatoms. The summed E-state index contributed by atoms with van der Waals surface area (Å²) in [6.45, 7) is 13.3. The number of halogens is 1. The van der Waals surface area contributed by atoms with Crippen molar-refractivity contribution in [2.75, 3.05) is 0 Å². The average molecular weight is 304 g/mol. The molecule has 1 N–H and O–H groups in total. The Morgan fingerprint density at radius 2 is 2.00 bits per heavy atom. The highest BCUT2D eigenvalue weighted by molar-refractivity contribution is 6.31. The molecule has 2 aromatic rings. The molecule has 0 radical (unpaired) electrons. The van der Waals surface area contributed by atoms with Gasteiger partial charge in [0.2, 0.25) is 0 Å². The third kappa shape index (κ3) is 3.10. The molecule has 0 amide bonds. The molecular weight excluding hydrogens is 286 g/mol. The van der Waals surface area contributed by atoms with Crippen molar-refractivity contribution in [2.24, 2.45) is 7.05 Å². The van der Waals surface area contributed by atoms with Gasteiger partial charge in [-0.25, -0.2) is 4.85 Å². The summed E-state index contributed by atoms with van der Waals surface area (Å²) in [5.74, 6) is 0. The van der Waals surface area contributed by atoms with Gasteiger partial charge in [0.1, 0.15) is 6.10 Å². The van der Waals surface area contributed by atoms with E-state index in [0.29, 0.717) is 22.0 Å². The molecule has 0 aliphatic heterocycles. The van der Waals surface area contributed by atoms with E-state index in [4.69, 9.17) is 18.2 Å². The van der Waals surface area contributed by atoms with Crippen LogP contribution in [0.2, 0.25) is 5.02 Å². The predicted octanol–water partition coefficient (Wildman–Crippen LogP) is 4.00. The molecule has 1 unspecified atom stereocenters. The number of hydrogen-bond donors (Lipinski definition) is 1. The van der Waals surface area contributed by atoms with Crippen molar-refractivity contribution in [3.63, 3.8) is 0 Å². The van der Waals surface area contributed by atoms with Gasteiger partial charge in [0.05, 0.1) is 18.0 Å². The van der Waals surface area contributed by atoms with Crippen molar-refractivity contribution in [2.45, 2.75) is 32.3 Å². The molecule has 0 aliphatic carbocycles. The fraction of sp³-hybridized carbons (Fsp3) is 0.375. The zero-order valence-corrected chi connectivity index (χ0v) is 13.3. The summed E-state index contributed by atoms with van der Waals surface area (Å²) in [7, 11) is 1.79. The van der Waals surface area contributed by atoms with Crippen LogP contribution in [0.25, 0.3) is 4.85 Å². The molecule has 4 nitrogen and oxygen atoms in total. The van der Waals surface area contributed by atoms with Crippen LogP contribution in [-0.2, 0) is 12.5 Å². The first-order valence-electron chi connectivity index (χ1n) is 6.63. The Kier molecular flexibility index (Phi) is 4.08. The van der Waals surface area contributed by atoms with E-state index in [1.54, 1.807) is 29.9 Å². The molecule has 21 heavy (non-hydrogen) atoms. The zero-order chi connectivity index (χ0) is 15.8. The largest absolute Gasteiger partial charge is 0.382 e. The SMILES string of the molecule is [C-]#[N+]c1ccc(Cl)c(C(O)c2cc(C(C)(C)C)nn2C)c1.